The van der Waals surface area contributed by atoms with Crippen molar-refractivity contribution >= 4 is 39.1 Å². The van der Waals surface area contributed by atoms with Crippen LogP contribution in [-0.4, -0.2) is 64.2 Å². The van der Waals surface area contributed by atoms with Crippen LogP contribution in [0.25, 0.3) is 0 Å². The summed E-state index contributed by atoms with van der Waals surface area (Å²) in [5, 5.41) is 3.25. The third-order valence-electron chi connectivity index (χ3n) is 6.48. The van der Waals surface area contributed by atoms with Gasteiger partial charge in [-0.05, 0) is 55.7 Å². The molecule has 3 rings (SSSR count). The Morgan fingerprint density at radius 3 is 2.27 bits per heavy atom. The fourth-order valence-corrected chi connectivity index (χ4v) is 5.42. The molecule has 0 spiro atoms. The third kappa shape index (κ3) is 7.52. The molecule has 0 radical (unpaired) electrons. The van der Waals surface area contributed by atoms with Crippen LogP contribution >= 0.6 is 11.6 Å². The number of nitrogens with zero attached hydrogens (tertiary/aromatic N) is 2. The second-order valence-electron chi connectivity index (χ2n) is 9.12. The summed E-state index contributed by atoms with van der Waals surface area (Å²) in [6.07, 6.45) is 4.95. The highest BCUT2D eigenvalue weighted by atomic mass is 35.5. The van der Waals surface area contributed by atoms with Crippen molar-refractivity contribution < 1.29 is 27.5 Å². The number of amides is 2. The molecule has 9 nitrogen and oxygen atoms in total. The summed E-state index contributed by atoms with van der Waals surface area (Å²) in [7, 11) is -0.847. The molecule has 2 aromatic carbocycles. The van der Waals surface area contributed by atoms with Gasteiger partial charge in [-0.15, -0.1) is 0 Å². The van der Waals surface area contributed by atoms with Crippen LogP contribution in [0.3, 0.4) is 0 Å². The number of ether oxygens (including phenoxy) is 2. The Kier molecular flexibility index (Phi) is 9.67. The quantitative estimate of drug-likeness (QED) is 0.457. The van der Waals surface area contributed by atoms with Crippen molar-refractivity contribution in [2.24, 2.45) is 0 Å². The number of anilines is 1. The molecule has 1 saturated carbocycles. The number of halogens is 1. The van der Waals surface area contributed by atoms with Gasteiger partial charge in [0, 0.05) is 12.6 Å². The van der Waals surface area contributed by atoms with Crippen molar-refractivity contribution in [3.63, 3.8) is 0 Å². The van der Waals surface area contributed by atoms with Crippen molar-refractivity contribution in [2.45, 2.75) is 51.2 Å². The first-order valence-corrected chi connectivity index (χ1v) is 14.3. The SMILES string of the molecule is COc1ccc(CN(C(=O)CN(c2ccc(OC)c(Cl)c2)S(C)(=O)=O)C(C)C(=O)NC2CCCC2)cc1. The van der Waals surface area contributed by atoms with Crippen LogP contribution in [0.1, 0.15) is 38.2 Å². The largest absolute Gasteiger partial charge is 0.497 e. The molecule has 0 bridgehead atoms. The summed E-state index contributed by atoms with van der Waals surface area (Å²) < 4.78 is 36.7. The molecular formula is C26H34ClN3O6S. The Hall–Kier alpha value is -2.98. The first-order chi connectivity index (χ1) is 17.5. The molecule has 1 unspecified atom stereocenters. The Morgan fingerprint density at radius 1 is 1.08 bits per heavy atom. The number of carbonyl (C=O) groups excluding carboxylic acids is 2. The highest BCUT2D eigenvalue weighted by Crippen LogP contribution is 2.30. The van der Waals surface area contributed by atoms with E-state index >= 15 is 0 Å². The maximum absolute atomic E-state index is 13.6. The average molecular weight is 552 g/mol. The lowest BCUT2D eigenvalue weighted by atomic mass is 10.1. The van der Waals surface area contributed by atoms with Gasteiger partial charge in [-0.2, -0.15) is 0 Å². The van der Waals surface area contributed by atoms with Crippen LogP contribution in [0.4, 0.5) is 5.69 Å². The molecule has 1 N–H and O–H groups in total. The number of nitrogens with one attached hydrogen (secondary N) is 1. The molecule has 2 aromatic rings. The van der Waals surface area contributed by atoms with Gasteiger partial charge >= 0.3 is 0 Å². The van der Waals surface area contributed by atoms with E-state index in [1.54, 1.807) is 38.3 Å². The van der Waals surface area contributed by atoms with Gasteiger partial charge < -0.3 is 19.7 Å². The smallest absolute Gasteiger partial charge is 0.244 e. The second-order valence-corrected chi connectivity index (χ2v) is 11.4. The maximum Gasteiger partial charge on any atom is 0.244 e. The number of hydrogen-bond acceptors (Lipinski definition) is 6. The molecule has 2 amide bonds. The molecule has 0 aromatic heterocycles. The first-order valence-electron chi connectivity index (χ1n) is 12.1. The maximum atomic E-state index is 13.6. The van der Waals surface area contributed by atoms with Crippen LogP contribution in [0.5, 0.6) is 11.5 Å². The van der Waals surface area contributed by atoms with Gasteiger partial charge in [0.25, 0.3) is 0 Å². The van der Waals surface area contributed by atoms with Crippen molar-refractivity contribution in [3.05, 3.63) is 53.1 Å². The Morgan fingerprint density at radius 2 is 1.73 bits per heavy atom. The first kappa shape index (κ1) is 28.6. The van der Waals surface area contributed by atoms with Crippen LogP contribution in [0, 0.1) is 0 Å². The fraction of sp³-hybridized carbons (Fsp3) is 0.462. The van der Waals surface area contributed by atoms with Crippen molar-refractivity contribution in [1.82, 2.24) is 10.2 Å². The van der Waals surface area contributed by atoms with Gasteiger partial charge in [-0.3, -0.25) is 13.9 Å². The minimum Gasteiger partial charge on any atom is -0.497 e. The summed E-state index contributed by atoms with van der Waals surface area (Å²) in [6.45, 7) is 1.27. The van der Waals surface area contributed by atoms with Crippen LogP contribution in [0.2, 0.25) is 5.02 Å². The predicted octanol–water partition coefficient (Wildman–Crippen LogP) is 3.60. The lowest BCUT2D eigenvalue weighted by Crippen LogP contribution is -2.52. The second kappa shape index (κ2) is 12.5. The lowest BCUT2D eigenvalue weighted by Gasteiger charge is -2.32. The minimum absolute atomic E-state index is 0.0850. The van der Waals surface area contributed by atoms with E-state index in [4.69, 9.17) is 21.1 Å². The van der Waals surface area contributed by atoms with E-state index in [1.165, 1.54) is 30.2 Å². The van der Waals surface area contributed by atoms with Gasteiger partial charge in [-0.25, -0.2) is 8.42 Å². The number of rotatable bonds is 11. The molecule has 0 aliphatic heterocycles. The zero-order chi connectivity index (χ0) is 27.2. The standard InChI is InChI=1S/C26H34ClN3O6S/c1-18(26(32)28-20-7-5-6-8-20)29(16-19-9-12-22(35-2)13-10-19)25(31)17-30(37(4,33)34)21-11-14-24(36-3)23(27)15-21/h9-15,18,20H,5-8,16-17H2,1-4H3,(H,28,32). The molecule has 1 aliphatic carbocycles. The predicted molar refractivity (Wildman–Crippen MR) is 144 cm³/mol. The van der Waals surface area contributed by atoms with Crippen molar-refractivity contribution in [2.75, 3.05) is 31.3 Å². The van der Waals surface area contributed by atoms with E-state index in [1.807, 2.05) is 0 Å². The molecular weight excluding hydrogens is 518 g/mol. The highest BCUT2D eigenvalue weighted by molar-refractivity contribution is 7.92. The average Bonchev–Trinajstić information content (AvgIpc) is 3.38. The highest BCUT2D eigenvalue weighted by Gasteiger charge is 2.31. The van der Waals surface area contributed by atoms with Gasteiger partial charge in [0.2, 0.25) is 21.8 Å². The van der Waals surface area contributed by atoms with E-state index in [-0.39, 0.29) is 29.2 Å². The minimum atomic E-state index is -3.86. The van der Waals surface area contributed by atoms with Crippen LogP contribution in [-0.2, 0) is 26.2 Å². The normalized spacial score (nSPS) is 14.6. The van der Waals surface area contributed by atoms with Gasteiger partial charge in [-0.1, -0.05) is 36.6 Å². The summed E-state index contributed by atoms with van der Waals surface area (Å²) in [6, 6.07) is 10.9. The number of hydrogen-bond donors (Lipinski definition) is 1. The van der Waals surface area contributed by atoms with E-state index < -0.39 is 28.5 Å². The number of carbonyl (C=O) groups is 2. The number of methoxy groups -OCH3 is 2. The van der Waals surface area contributed by atoms with E-state index in [0.29, 0.717) is 11.5 Å². The van der Waals surface area contributed by atoms with Gasteiger partial charge in [0.1, 0.15) is 24.1 Å². The zero-order valence-electron chi connectivity index (χ0n) is 21.6. The molecule has 202 valence electrons. The summed E-state index contributed by atoms with van der Waals surface area (Å²) >= 11 is 6.22. The molecule has 1 fully saturated rings. The number of benzene rings is 2. The Labute approximate surface area is 223 Å². The summed E-state index contributed by atoms with van der Waals surface area (Å²) in [5.74, 6) is 0.242. The van der Waals surface area contributed by atoms with Crippen molar-refractivity contribution in [1.29, 1.82) is 0 Å². The molecule has 11 heteroatoms. The van der Waals surface area contributed by atoms with Crippen LogP contribution < -0.4 is 19.1 Å². The van der Waals surface area contributed by atoms with Crippen LogP contribution in [0.15, 0.2) is 42.5 Å². The molecule has 37 heavy (non-hydrogen) atoms. The van der Waals surface area contributed by atoms with Gasteiger partial charge in [0.15, 0.2) is 0 Å². The Balaban J connectivity index is 1.89. The summed E-state index contributed by atoms with van der Waals surface area (Å²) in [5.41, 5.74) is 0.988. The van der Waals surface area contributed by atoms with Gasteiger partial charge in [0.05, 0.1) is 31.2 Å². The summed E-state index contributed by atoms with van der Waals surface area (Å²) in [4.78, 5) is 28.2. The fourth-order valence-electron chi connectivity index (χ4n) is 4.33. The molecule has 0 saturated heterocycles. The van der Waals surface area contributed by atoms with E-state index in [0.717, 1.165) is 41.8 Å². The molecule has 0 heterocycles. The molecule has 1 aliphatic rings. The lowest BCUT2D eigenvalue weighted by molar-refractivity contribution is -0.139. The molecule has 1 atom stereocenters. The number of sulfonamides is 1. The van der Waals surface area contributed by atoms with Crippen molar-refractivity contribution in [3.8, 4) is 11.5 Å². The topological polar surface area (TPSA) is 105 Å². The monoisotopic (exact) mass is 551 g/mol. The third-order valence-corrected chi connectivity index (χ3v) is 7.92. The van der Waals surface area contributed by atoms with E-state index in [2.05, 4.69) is 5.32 Å². The zero-order valence-corrected chi connectivity index (χ0v) is 23.1. The Bertz CT molecular complexity index is 1200. The van der Waals surface area contributed by atoms with E-state index in [9.17, 15) is 18.0 Å².